The zero-order valence-electron chi connectivity index (χ0n) is 11.7. The minimum absolute atomic E-state index is 0. The quantitative estimate of drug-likeness (QED) is 0.477. The largest absolute Gasteiger partial charge is 0.488 e. The number of halogens is 1. The number of guanidine groups is 1. The van der Waals surface area contributed by atoms with Crippen LogP contribution in [0.15, 0.2) is 29.3 Å². The molecular weight excluding hydrogens is 365 g/mol. The molecule has 3 N–H and O–H groups in total. The average Bonchev–Trinajstić information content (AvgIpc) is 2.64. The highest BCUT2D eigenvalue weighted by atomic mass is 127. The van der Waals surface area contributed by atoms with Gasteiger partial charge in [0, 0.05) is 12.1 Å². The van der Waals surface area contributed by atoms with Crippen LogP contribution in [0.4, 0.5) is 0 Å². The highest BCUT2D eigenvalue weighted by Crippen LogP contribution is 2.35. The van der Waals surface area contributed by atoms with Gasteiger partial charge in [0.1, 0.15) is 11.9 Å². The van der Waals surface area contributed by atoms with E-state index < -0.39 is 0 Å². The van der Waals surface area contributed by atoms with E-state index in [2.05, 4.69) is 23.3 Å². The molecule has 1 saturated carbocycles. The van der Waals surface area contributed by atoms with Crippen molar-refractivity contribution in [1.82, 2.24) is 5.32 Å². The lowest BCUT2D eigenvalue weighted by atomic mass is 9.86. The van der Waals surface area contributed by atoms with Crippen molar-refractivity contribution in [1.29, 1.82) is 0 Å². The average molecular weight is 387 g/mol. The van der Waals surface area contributed by atoms with E-state index in [1.165, 1.54) is 19.3 Å². The molecule has 1 aromatic rings. The number of nitrogens with two attached hydrogens (primary N) is 1. The van der Waals surface area contributed by atoms with Crippen molar-refractivity contribution < 1.29 is 4.74 Å². The molecule has 0 radical (unpaired) electrons. The third-order valence-corrected chi connectivity index (χ3v) is 4.08. The van der Waals surface area contributed by atoms with Gasteiger partial charge in [-0.05, 0) is 31.7 Å². The van der Waals surface area contributed by atoms with Crippen molar-refractivity contribution in [3.8, 4) is 5.75 Å². The van der Waals surface area contributed by atoms with Gasteiger partial charge in [-0.2, -0.15) is 0 Å². The first-order valence-electron chi connectivity index (χ1n) is 7.06. The Kier molecular flexibility index (Phi) is 5.12. The maximum Gasteiger partial charge on any atom is 0.189 e. The fourth-order valence-corrected chi connectivity index (χ4v) is 2.67. The SMILES string of the molecule is CC1Oc2ccccc2C1NC(N)=NCC1CCC1.I. The summed E-state index contributed by atoms with van der Waals surface area (Å²) in [5, 5.41) is 3.29. The lowest BCUT2D eigenvalue weighted by Crippen LogP contribution is -2.39. The number of benzene rings is 1. The van der Waals surface area contributed by atoms with Gasteiger partial charge >= 0.3 is 0 Å². The Hall–Kier alpha value is -0.980. The second kappa shape index (κ2) is 6.65. The zero-order valence-corrected chi connectivity index (χ0v) is 14.0. The summed E-state index contributed by atoms with van der Waals surface area (Å²) >= 11 is 0. The smallest absolute Gasteiger partial charge is 0.189 e. The third-order valence-electron chi connectivity index (χ3n) is 4.08. The van der Waals surface area contributed by atoms with Crippen molar-refractivity contribution in [2.75, 3.05) is 6.54 Å². The summed E-state index contributed by atoms with van der Waals surface area (Å²) in [6.45, 7) is 2.90. The molecule has 1 aliphatic heterocycles. The molecule has 1 heterocycles. The van der Waals surface area contributed by atoms with E-state index in [1.807, 2.05) is 18.2 Å². The van der Waals surface area contributed by atoms with E-state index in [0.717, 1.165) is 23.8 Å². The molecule has 0 amide bonds. The molecule has 20 heavy (non-hydrogen) atoms. The third kappa shape index (κ3) is 3.19. The van der Waals surface area contributed by atoms with Crippen LogP contribution < -0.4 is 15.8 Å². The van der Waals surface area contributed by atoms with Crippen LogP contribution in [0.5, 0.6) is 5.75 Å². The lowest BCUT2D eigenvalue weighted by Gasteiger charge is -2.24. The molecule has 4 nitrogen and oxygen atoms in total. The van der Waals surface area contributed by atoms with Crippen molar-refractivity contribution in [2.24, 2.45) is 16.6 Å². The summed E-state index contributed by atoms with van der Waals surface area (Å²) < 4.78 is 5.81. The van der Waals surface area contributed by atoms with Crippen molar-refractivity contribution in [3.05, 3.63) is 29.8 Å². The van der Waals surface area contributed by atoms with Gasteiger partial charge in [-0.3, -0.25) is 4.99 Å². The van der Waals surface area contributed by atoms with Crippen molar-refractivity contribution >= 4 is 29.9 Å². The standard InChI is InChI=1S/C15H21N3O.HI/c1-10-14(12-7-2-3-8-13(12)19-10)18-15(16)17-9-11-5-4-6-11;/h2-3,7-8,10-11,14H,4-6,9H2,1H3,(H3,16,17,18);1H. The highest BCUT2D eigenvalue weighted by Gasteiger charge is 2.31. The number of ether oxygens (including phenoxy) is 1. The van der Waals surface area contributed by atoms with Gasteiger partial charge in [0.05, 0.1) is 6.04 Å². The first-order chi connectivity index (χ1) is 9.24. The van der Waals surface area contributed by atoms with Gasteiger partial charge < -0.3 is 15.8 Å². The molecule has 110 valence electrons. The number of fused-ring (bicyclic) bond motifs is 1. The van der Waals surface area contributed by atoms with Crippen LogP contribution in [0.1, 0.15) is 37.8 Å². The van der Waals surface area contributed by atoms with E-state index in [4.69, 9.17) is 10.5 Å². The molecule has 2 unspecified atom stereocenters. The molecule has 1 aromatic carbocycles. The van der Waals surface area contributed by atoms with Crippen LogP contribution in [0.2, 0.25) is 0 Å². The van der Waals surface area contributed by atoms with E-state index >= 15 is 0 Å². The van der Waals surface area contributed by atoms with Crippen LogP contribution in [0.25, 0.3) is 0 Å². The first kappa shape index (κ1) is 15.4. The summed E-state index contributed by atoms with van der Waals surface area (Å²) in [7, 11) is 0. The molecule has 0 spiro atoms. The van der Waals surface area contributed by atoms with Crippen molar-refractivity contribution in [3.63, 3.8) is 0 Å². The maximum atomic E-state index is 5.98. The molecular formula is C15H22IN3O. The molecule has 0 bridgehead atoms. The normalized spacial score (nSPS) is 25.1. The van der Waals surface area contributed by atoms with Crippen LogP contribution in [-0.2, 0) is 0 Å². The summed E-state index contributed by atoms with van der Waals surface area (Å²) in [5.74, 6) is 2.22. The molecule has 0 aromatic heterocycles. The zero-order chi connectivity index (χ0) is 13.2. The number of rotatable bonds is 3. The fraction of sp³-hybridized carbons (Fsp3) is 0.533. The van der Waals surface area contributed by atoms with Crippen LogP contribution in [-0.4, -0.2) is 18.6 Å². The topological polar surface area (TPSA) is 59.6 Å². The first-order valence-corrected chi connectivity index (χ1v) is 7.06. The Labute approximate surface area is 137 Å². The summed E-state index contributed by atoms with van der Waals surface area (Å²) in [6, 6.07) is 8.19. The number of nitrogens with one attached hydrogen (secondary N) is 1. The van der Waals surface area contributed by atoms with E-state index in [0.29, 0.717) is 5.96 Å². The molecule has 1 fully saturated rings. The fourth-order valence-electron chi connectivity index (χ4n) is 2.67. The number of hydrogen-bond donors (Lipinski definition) is 2. The van der Waals surface area contributed by atoms with Gasteiger partial charge in [-0.25, -0.2) is 0 Å². The highest BCUT2D eigenvalue weighted by molar-refractivity contribution is 14.0. The van der Waals surface area contributed by atoms with Gasteiger partial charge in [0.2, 0.25) is 0 Å². The number of para-hydroxylation sites is 1. The number of hydrogen-bond acceptors (Lipinski definition) is 2. The van der Waals surface area contributed by atoms with Crippen LogP contribution >= 0.6 is 24.0 Å². The van der Waals surface area contributed by atoms with Gasteiger partial charge in [0.15, 0.2) is 5.96 Å². The summed E-state index contributed by atoms with van der Waals surface area (Å²) in [6.07, 6.45) is 4.01. The van der Waals surface area contributed by atoms with Gasteiger partial charge in [-0.1, -0.05) is 24.6 Å². The molecule has 2 aliphatic rings. The number of aliphatic imine (C=N–C) groups is 1. The predicted molar refractivity (Wildman–Crippen MR) is 91.7 cm³/mol. The number of nitrogens with zero attached hydrogens (tertiary/aromatic N) is 1. The van der Waals surface area contributed by atoms with E-state index in [-0.39, 0.29) is 36.1 Å². The molecule has 0 saturated heterocycles. The second-order valence-electron chi connectivity index (χ2n) is 5.51. The summed E-state index contributed by atoms with van der Waals surface area (Å²) in [5.41, 5.74) is 7.15. The van der Waals surface area contributed by atoms with E-state index in [9.17, 15) is 0 Å². The van der Waals surface area contributed by atoms with Crippen molar-refractivity contribution in [2.45, 2.75) is 38.3 Å². The van der Waals surface area contributed by atoms with Gasteiger partial charge in [0.25, 0.3) is 0 Å². The molecule has 3 rings (SSSR count). The second-order valence-corrected chi connectivity index (χ2v) is 5.51. The minimum Gasteiger partial charge on any atom is -0.488 e. The Bertz CT molecular complexity index is 488. The predicted octanol–water partition coefficient (Wildman–Crippen LogP) is 2.83. The van der Waals surface area contributed by atoms with Gasteiger partial charge in [-0.15, -0.1) is 24.0 Å². The Morgan fingerprint density at radius 2 is 2.15 bits per heavy atom. The summed E-state index contributed by atoms with van der Waals surface area (Å²) in [4.78, 5) is 4.44. The lowest BCUT2D eigenvalue weighted by molar-refractivity contribution is 0.219. The monoisotopic (exact) mass is 387 g/mol. The molecule has 1 aliphatic carbocycles. The Morgan fingerprint density at radius 1 is 1.40 bits per heavy atom. The molecule has 2 atom stereocenters. The molecule has 5 heteroatoms. The van der Waals surface area contributed by atoms with Crippen LogP contribution in [0, 0.1) is 5.92 Å². The Morgan fingerprint density at radius 3 is 2.85 bits per heavy atom. The van der Waals surface area contributed by atoms with E-state index in [1.54, 1.807) is 0 Å². The van der Waals surface area contributed by atoms with Crippen LogP contribution in [0.3, 0.4) is 0 Å². The maximum absolute atomic E-state index is 5.98. The minimum atomic E-state index is 0. The Balaban J connectivity index is 0.00000147.